The first-order valence-corrected chi connectivity index (χ1v) is 13.3. The van der Waals surface area contributed by atoms with E-state index in [2.05, 4.69) is 0 Å². The molecule has 200 valence electrons. The van der Waals surface area contributed by atoms with Gasteiger partial charge in [0.05, 0.1) is 36.7 Å². The second kappa shape index (κ2) is 9.94. The van der Waals surface area contributed by atoms with Crippen LogP contribution >= 0.6 is 0 Å². The predicted octanol–water partition coefficient (Wildman–Crippen LogP) is 4.06. The average Bonchev–Trinajstić information content (AvgIpc) is 3.42. The van der Waals surface area contributed by atoms with Gasteiger partial charge >= 0.3 is 0 Å². The first kappa shape index (κ1) is 25.3. The highest BCUT2D eigenvalue weighted by Gasteiger charge is 2.66. The van der Waals surface area contributed by atoms with Crippen LogP contribution in [-0.4, -0.2) is 48.1 Å². The van der Waals surface area contributed by atoms with E-state index < -0.39 is 18.1 Å². The fraction of sp³-hybridized carbons (Fsp3) is 0.323. The number of nitrogens with zero attached hydrogens (tertiary/aromatic N) is 3. The molecule has 3 fully saturated rings. The normalized spacial score (nSPS) is 26.8. The summed E-state index contributed by atoms with van der Waals surface area (Å²) < 4.78 is 5.31. The summed E-state index contributed by atoms with van der Waals surface area (Å²) in [5.41, 5.74) is 2.24. The second-order valence-electron chi connectivity index (χ2n) is 10.6. The van der Waals surface area contributed by atoms with E-state index in [-0.39, 0.29) is 35.6 Å². The third-order valence-electron chi connectivity index (χ3n) is 8.05. The van der Waals surface area contributed by atoms with Gasteiger partial charge in [0.2, 0.25) is 11.8 Å². The minimum absolute atomic E-state index is 0.0000316. The van der Waals surface area contributed by atoms with Gasteiger partial charge < -0.3 is 9.64 Å². The molecular formula is C31H31N3O5. The lowest BCUT2D eigenvalue weighted by atomic mass is 9.71. The SMILES string of the molecule is COc1ccc(N2C(=O)[C@H](C(C)C)[C@@H]2[C@H]2[C@@H]3C(=O)N(c4ccccc4)C(=O)[C@@H]3ON2Cc2ccccc2)cc1. The number of carbonyl (C=O) groups excluding carboxylic acids is 3. The Morgan fingerprint density at radius 3 is 2.03 bits per heavy atom. The van der Waals surface area contributed by atoms with E-state index in [1.165, 1.54) is 4.90 Å². The molecule has 0 bridgehead atoms. The van der Waals surface area contributed by atoms with Crippen molar-refractivity contribution >= 4 is 29.1 Å². The van der Waals surface area contributed by atoms with Gasteiger partial charge in [-0.2, -0.15) is 5.06 Å². The summed E-state index contributed by atoms with van der Waals surface area (Å²) in [5.74, 6) is -1.03. The summed E-state index contributed by atoms with van der Waals surface area (Å²) in [6.45, 7) is 4.43. The van der Waals surface area contributed by atoms with Crippen LogP contribution in [0.25, 0.3) is 0 Å². The van der Waals surface area contributed by atoms with Crippen LogP contribution in [0.15, 0.2) is 84.9 Å². The zero-order valence-electron chi connectivity index (χ0n) is 22.1. The average molecular weight is 526 g/mol. The zero-order chi connectivity index (χ0) is 27.3. The maximum absolute atomic E-state index is 14.0. The van der Waals surface area contributed by atoms with Crippen molar-refractivity contribution in [3.63, 3.8) is 0 Å². The standard InChI is InChI=1S/C31H31N3O5/c1-19(2)24-27(33(29(24)35)22-14-16-23(38-3)17-15-22)26-25-28(39-32(26)18-20-10-6-4-7-11-20)31(37)34(30(25)36)21-12-8-5-9-13-21/h4-17,19,24-28H,18H2,1-3H3/t24-,25+,26-,27-,28-/m1/s1. The topological polar surface area (TPSA) is 79.4 Å². The highest BCUT2D eigenvalue weighted by atomic mass is 16.7. The quantitative estimate of drug-likeness (QED) is 0.342. The highest BCUT2D eigenvalue weighted by Crippen LogP contribution is 2.48. The maximum atomic E-state index is 14.0. The van der Waals surface area contributed by atoms with E-state index >= 15 is 0 Å². The number of hydroxylamine groups is 2. The highest BCUT2D eigenvalue weighted by molar-refractivity contribution is 6.23. The molecule has 0 spiro atoms. The fourth-order valence-corrected chi connectivity index (χ4v) is 6.24. The van der Waals surface area contributed by atoms with Crippen molar-refractivity contribution in [2.45, 2.75) is 38.6 Å². The Balaban J connectivity index is 1.42. The molecule has 3 aromatic carbocycles. The summed E-state index contributed by atoms with van der Waals surface area (Å²) in [6.07, 6.45) is -0.951. The van der Waals surface area contributed by atoms with Gasteiger partial charge in [-0.1, -0.05) is 62.4 Å². The predicted molar refractivity (Wildman–Crippen MR) is 146 cm³/mol. The second-order valence-corrected chi connectivity index (χ2v) is 10.6. The van der Waals surface area contributed by atoms with E-state index in [9.17, 15) is 14.4 Å². The van der Waals surface area contributed by atoms with E-state index in [1.54, 1.807) is 41.3 Å². The monoisotopic (exact) mass is 525 g/mol. The summed E-state index contributed by atoms with van der Waals surface area (Å²) >= 11 is 0. The molecule has 39 heavy (non-hydrogen) atoms. The number of fused-ring (bicyclic) bond motifs is 1. The number of para-hydroxylation sites is 1. The van der Waals surface area contributed by atoms with Gasteiger partial charge in [-0.25, -0.2) is 4.90 Å². The minimum Gasteiger partial charge on any atom is -0.497 e. The Hall–Kier alpha value is -4.01. The molecule has 3 aliphatic heterocycles. The molecule has 3 aromatic rings. The van der Waals surface area contributed by atoms with Gasteiger partial charge in [0.25, 0.3) is 5.91 Å². The van der Waals surface area contributed by atoms with Crippen molar-refractivity contribution < 1.29 is 24.0 Å². The van der Waals surface area contributed by atoms with Gasteiger partial charge in [0.15, 0.2) is 6.10 Å². The van der Waals surface area contributed by atoms with Crippen LogP contribution in [-0.2, 0) is 25.8 Å². The van der Waals surface area contributed by atoms with E-state index in [4.69, 9.17) is 9.57 Å². The molecule has 0 aliphatic carbocycles. The number of ether oxygens (including phenoxy) is 1. The number of β-lactam (4-membered cyclic amide) rings is 1. The van der Waals surface area contributed by atoms with Crippen LogP contribution in [0, 0.1) is 17.8 Å². The number of methoxy groups -OCH3 is 1. The molecule has 3 saturated heterocycles. The fourth-order valence-electron chi connectivity index (χ4n) is 6.24. The minimum atomic E-state index is -0.951. The third kappa shape index (κ3) is 4.11. The van der Waals surface area contributed by atoms with Crippen molar-refractivity contribution in [1.29, 1.82) is 0 Å². The summed E-state index contributed by atoms with van der Waals surface area (Å²) in [6, 6.07) is 25.2. The molecule has 0 aromatic heterocycles. The van der Waals surface area contributed by atoms with Crippen molar-refractivity contribution in [3.05, 3.63) is 90.5 Å². The summed E-state index contributed by atoms with van der Waals surface area (Å²) in [4.78, 5) is 50.6. The lowest BCUT2D eigenvalue weighted by Gasteiger charge is -2.53. The Morgan fingerprint density at radius 2 is 1.41 bits per heavy atom. The molecule has 3 heterocycles. The Morgan fingerprint density at radius 1 is 0.769 bits per heavy atom. The third-order valence-corrected chi connectivity index (χ3v) is 8.05. The zero-order valence-corrected chi connectivity index (χ0v) is 22.1. The van der Waals surface area contributed by atoms with Gasteiger partial charge in [-0.3, -0.25) is 19.2 Å². The van der Waals surface area contributed by atoms with Gasteiger partial charge in [-0.05, 0) is 47.9 Å². The molecule has 8 heteroatoms. The number of hydrogen-bond donors (Lipinski definition) is 0. The molecular weight excluding hydrogens is 494 g/mol. The number of carbonyl (C=O) groups is 3. The van der Waals surface area contributed by atoms with Crippen molar-refractivity contribution in [2.24, 2.45) is 17.8 Å². The largest absolute Gasteiger partial charge is 0.497 e. The Bertz CT molecular complexity index is 1380. The number of hydrogen-bond acceptors (Lipinski definition) is 6. The molecule has 5 atom stereocenters. The van der Waals surface area contributed by atoms with Crippen LogP contribution in [0.2, 0.25) is 0 Å². The van der Waals surface area contributed by atoms with Crippen LogP contribution in [0.4, 0.5) is 11.4 Å². The molecule has 8 nitrogen and oxygen atoms in total. The lowest BCUT2D eigenvalue weighted by molar-refractivity contribution is -0.184. The Kier molecular flexibility index (Phi) is 6.45. The van der Waals surface area contributed by atoms with Gasteiger partial charge in [0.1, 0.15) is 5.75 Å². The maximum Gasteiger partial charge on any atom is 0.265 e. The number of amides is 3. The van der Waals surface area contributed by atoms with E-state index in [0.29, 0.717) is 18.0 Å². The smallest absolute Gasteiger partial charge is 0.265 e. The number of imide groups is 1. The van der Waals surface area contributed by atoms with Crippen molar-refractivity contribution in [1.82, 2.24) is 5.06 Å². The van der Waals surface area contributed by atoms with Gasteiger partial charge in [0, 0.05) is 12.2 Å². The molecule has 0 saturated carbocycles. The summed E-state index contributed by atoms with van der Waals surface area (Å²) in [7, 11) is 1.60. The first-order valence-electron chi connectivity index (χ1n) is 13.3. The van der Waals surface area contributed by atoms with E-state index in [1.807, 2.05) is 74.5 Å². The molecule has 0 radical (unpaired) electrons. The number of rotatable bonds is 7. The Labute approximate surface area is 227 Å². The van der Waals surface area contributed by atoms with Crippen LogP contribution in [0.3, 0.4) is 0 Å². The molecule has 0 N–H and O–H groups in total. The number of benzene rings is 3. The lowest BCUT2D eigenvalue weighted by Crippen LogP contribution is -2.70. The number of anilines is 2. The van der Waals surface area contributed by atoms with Gasteiger partial charge in [-0.15, -0.1) is 0 Å². The first-order chi connectivity index (χ1) is 18.9. The molecule has 3 amide bonds. The van der Waals surface area contributed by atoms with Crippen LogP contribution < -0.4 is 14.5 Å². The van der Waals surface area contributed by atoms with Crippen LogP contribution in [0.1, 0.15) is 19.4 Å². The molecule has 6 rings (SSSR count). The van der Waals surface area contributed by atoms with Crippen LogP contribution in [0.5, 0.6) is 5.75 Å². The molecule has 3 aliphatic rings. The van der Waals surface area contributed by atoms with Crippen molar-refractivity contribution in [3.8, 4) is 5.75 Å². The summed E-state index contributed by atoms with van der Waals surface area (Å²) in [5, 5.41) is 1.77. The van der Waals surface area contributed by atoms with Crippen molar-refractivity contribution in [2.75, 3.05) is 16.9 Å². The van der Waals surface area contributed by atoms with E-state index in [0.717, 1.165) is 11.3 Å². The molecule has 0 unspecified atom stereocenters.